The van der Waals surface area contributed by atoms with Crippen molar-refractivity contribution in [1.82, 2.24) is 0 Å². The number of furan rings is 1. The van der Waals surface area contributed by atoms with E-state index in [-0.39, 0.29) is 12.6 Å². The molecule has 0 amide bonds. The molecule has 0 radical (unpaired) electrons. The zero-order chi connectivity index (χ0) is 14.8. The van der Waals surface area contributed by atoms with Gasteiger partial charge in [0.25, 0.3) is 0 Å². The lowest BCUT2D eigenvalue weighted by Crippen LogP contribution is -2.12. The van der Waals surface area contributed by atoms with Crippen molar-refractivity contribution >= 4 is 29.3 Å². The predicted molar refractivity (Wildman–Crippen MR) is 77.0 cm³/mol. The lowest BCUT2D eigenvalue weighted by atomic mass is 10.1. The summed E-state index contributed by atoms with van der Waals surface area (Å²) in [4.78, 5) is 10.8. The van der Waals surface area contributed by atoms with E-state index in [9.17, 15) is 4.79 Å². The minimum Gasteiger partial charge on any atom is -0.475 e. The summed E-state index contributed by atoms with van der Waals surface area (Å²) in [7, 11) is 0. The Morgan fingerprint density at radius 2 is 2.24 bits per heavy atom. The molecule has 2 heterocycles. The Morgan fingerprint density at radius 1 is 1.38 bits per heavy atom. The number of hydrogen-bond donors (Lipinski definition) is 1. The molecule has 110 valence electrons. The molecule has 5 nitrogen and oxygen atoms in total. The van der Waals surface area contributed by atoms with Crippen LogP contribution in [0, 0.1) is 0 Å². The Balaban J connectivity index is 1.78. The first-order valence-corrected chi connectivity index (χ1v) is 7.47. The second kappa shape index (κ2) is 6.01. The minimum absolute atomic E-state index is 0.0738. The van der Waals surface area contributed by atoms with Gasteiger partial charge in [0, 0.05) is 21.9 Å². The fourth-order valence-electron chi connectivity index (χ4n) is 2.03. The number of thioether (sulfide) groups is 1. The Hall–Kier alpha value is -1.63. The van der Waals surface area contributed by atoms with Gasteiger partial charge in [0.05, 0.1) is 6.61 Å². The Kier molecular flexibility index (Phi) is 4.10. The molecule has 0 fully saturated rings. The van der Waals surface area contributed by atoms with Crippen LogP contribution in [0.5, 0.6) is 5.75 Å². The fourth-order valence-corrected chi connectivity index (χ4v) is 3.11. The van der Waals surface area contributed by atoms with Crippen LogP contribution < -0.4 is 4.74 Å². The van der Waals surface area contributed by atoms with E-state index in [2.05, 4.69) is 0 Å². The minimum atomic E-state index is -1.08. The summed E-state index contributed by atoms with van der Waals surface area (Å²) >= 11 is 7.47. The van der Waals surface area contributed by atoms with Gasteiger partial charge in [0.2, 0.25) is 5.76 Å². The van der Waals surface area contributed by atoms with Gasteiger partial charge in [0.1, 0.15) is 5.75 Å². The summed E-state index contributed by atoms with van der Waals surface area (Å²) in [5, 5.41) is 9.97. The van der Waals surface area contributed by atoms with Crippen molar-refractivity contribution < 1.29 is 23.8 Å². The molecule has 0 bridgehead atoms. The van der Waals surface area contributed by atoms with Gasteiger partial charge in [0.15, 0.2) is 11.9 Å². The first-order valence-electron chi connectivity index (χ1n) is 6.11. The maximum Gasteiger partial charge on any atom is 0.371 e. The molecular formula is C14H11ClO5S. The number of carboxylic acids is 1. The largest absolute Gasteiger partial charge is 0.475 e. The zero-order valence-electron chi connectivity index (χ0n) is 10.8. The summed E-state index contributed by atoms with van der Waals surface area (Å²) in [6, 6.07) is 6.72. The molecule has 21 heavy (non-hydrogen) atoms. The molecule has 1 aliphatic heterocycles. The molecule has 1 aliphatic rings. The third kappa shape index (κ3) is 3.18. The van der Waals surface area contributed by atoms with E-state index in [0.717, 1.165) is 16.9 Å². The first-order chi connectivity index (χ1) is 10.1. The lowest BCUT2D eigenvalue weighted by molar-refractivity contribution is -0.0168. The number of benzene rings is 1. The summed E-state index contributed by atoms with van der Waals surface area (Å²) in [6.45, 7) is 0.688. The third-order valence-electron chi connectivity index (χ3n) is 2.91. The summed E-state index contributed by atoms with van der Waals surface area (Å²) in [5.74, 6) is 0.191. The summed E-state index contributed by atoms with van der Waals surface area (Å²) < 4.78 is 16.0. The van der Waals surface area contributed by atoms with Gasteiger partial charge in [-0.05, 0) is 24.3 Å². The second-order valence-corrected chi connectivity index (χ2v) is 5.79. The van der Waals surface area contributed by atoms with Gasteiger partial charge in [-0.25, -0.2) is 4.79 Å². The highest BCUT2D eigenvalue weighted by atomic mass is 35.5. The maximum atomic E-state index is 10.8. The molecule has 0 saturated carbocycles. The maximum absolute atomic E-state index is 10.8. The SMILES string of the molecule is O=C(O)c1ccc(SCc2cc(Cl)cc3c2OCOC3)o1. The van der Waals surface area contributed by atoms with Crippen molar-refractivity contribution in [2.75, 3.05) is 6.79 Å². The van der Waals surface area contributed by atoms with Gasteiger partial charge < -0.3 is 19.0 Å². The molecule has 0 aliphatic carbocycles. The average Bonchev–Trinajstić information content (AvgIpc) is 2.93. The van der Waals surface area contributed by atoms with E-state index in [4.69, 9.17) is 30.6 Å². The quantitative estimate of drug-likeness (QED) is 0.862. The van der Waals surface area contributed by atoms with Crippen LogP contribution in [0.2, 0.25) is 5.02 Å². The van der Waals surface area contributed by atoms with Gasteiger partial charge >= 0.3 is 5.97 Å². The van der Waals surface area contributed by atoms with Crippen molar-refractivity contribution in [3.8, 4) is 5.75 Å². The predicted octanol–water partition coefficient (Wildman–Crippen LogP) is 3.79. The standard InChI is InChI=1S/C14H11ClO5S/c15-10-3-8-5-18-7-19-13(8)9(4-10)6-21-12-2-1-11(20-12)14(16)17/h1-4H,5-7H2,(H,16,17). The smallest absolute Gasteiger partial charge is 0.371 e. The van der Waals surface area contributed by atoms with Gasteiger partial charge in [-0.15, -0.1) is 0 Å². The molecule has 0 atom stereocenters. The average molecular weight is 327 g/mol. The highest BCUT2D eigenvalue weighted by Gasteiger charge is 2.17. The normalized spacial score (nSPS) is 13.6. The van der Waals surface area contributed by atoms with Crippen LogP contribution >= 0.6 is 23.4 Å². The molecule has 7 heteroatoms. The molecule has 1 N–H and O–H groups in total. The van der Waals surface area contributed by atoms with E-state index >= 15 is 0 Å². The molecule has 1 aromatic carbocycles. The fraction of sp³-hybridized carbons (Fsp3) is 0.214. The molecule has 1 aromatic heterocycles. The number of rotatable bonds is 4. The Bertz CT molecular complexity index is 682. The molecule has 2 aromatic rings. The van der Waals surface area contributed by atoms with E-state index in [1.165, 1.54) is 17.8 Å². The van der Waals surface area contributed by atoms with Crippen molar-refractivity contribution in [3.05, 3.63) is 46.2 Å². The van der Waals surface area contributed by atoms with Gasteiger partial charge in [-0.3, -0.25) is 0 Å². The van der Waals surface area contributed by atoms with Crippen LogP contribution in [0.3, 0.4) is 0 Å². The number of carboxylic acid groups (broad SMARTS) is 1. The highest BCUT2D eigenvalue weighted by molar-refractivity contribution is 7.98. The van der Waals surface area contributed by atoms with E-state index in [1.54, 1.807) is 6.07 Å². The van der Waals surface area contributed by atoms with Crippen molar-refractivity contribution in [2.24, 2.45) is 0 Å². The number of halogens is 1. The van der Waals surface area contributed by atoms with Crippen molar-refractivity contribution in [3.63, 3.8) is 0 Å². The Morgan fingerprint density at radius 3 is 3.00 bits per heavy atom. The van der Waals surface area contributed by atoms with E-state index < -0.39 is 5.97 Å². The van der Waals surface area contributed by atoms with Crippen LogP contribution in [0.1, 0.15) is 21.7 Å². The lowest BCUT2D eigenvalue weighted by Gasteiger charge is -2.20. The molecule has 0 saturated heterocycles. The molecule has 3 rings (SSSR count). The van der Waals surface area contributed by atoms with Gasteiger partial charge in [-0.2, -0.15) is 0 Å². The van der Waals surface area contributed by atoms with Gasteiger partial charge in [-0.1, -0.05) is 23.4 Å². The van der Waals surface area contributed by atoms with Crippen LogP contribution in [-0.2, 0) is 17.1 Å². The number of aromatic carboxylic acids is 1. The topological polar surface area (TPSA) is 68.9 Å². The number of fused-ring (bicyclic) bond motifs is 1. The summed E-state index contributed by atoms with van der Waals surface area (Å²) in [5.41, 5.74) is 1.84. The Labute approximate surface area is 129 Å². The second-order valence-electron chi connectivity index (χ2n) is 4.38. The molecule has 0 unspecified atom stereocenters. The monoisotopic (exact) mass is 326 g/mol. The first kappa shape index (κ1) is 14.3. The van der Waals surface area contributed by atoms with Crippen LogP contribution in [0.4, 0.5) is 0 Å². The van der Waals surface area contributed by atoms with Crippen LogP contribution in [0.25, 0.3) is 0 Å². The molecular weight excluding hydrogens is 316 g/mol. The van der Waals surface area contributed by atoms with Crippen molar-refractivity contribution in [2.45, 2.75) is 17.5 Å². The molecule has 0 spiro atoms. The van der Waals surface area contributed by atoms with Crippen LogP contribution in [0.15, 0.2) is 33.8 Å². The van der Waals surface area contributed by atoms with E-state index in [0.29, 0.717) is 22.5 Å². The number of hydrogen-bond acceptors (Lipinski definition) is 5. The van der Waals surface area contributed by atoms with E-state index in [1.807, 2.05) is 12.1 Å². The number of ether oxygens (including phenoxy) is 2. The highest BCUT2D eigenvalue weighted by Crippen LogP contribution is 2.35. The van der Waals surface area contributed by atoms with Crippen molar-refractivity contribution in [1.29, 1.82) is 0 Å². The third-order valence-corrected chi connectivity index (χ3v) is 4.09. The van der Waals surface area contributed by atoms with Crippen LogP contribution in [-0.4, -0.2) is 17.9 Å². The number of carbonyl (C=O) groups is 1. The summed E-state index contributed by atoms with van der Waals surface area (Å²) in [6.07, 6.45) is 0. The zero-order valence-corrected chi connectivity index (χ0v) is 12.4.